The first-order valence-corrected chi connectivity index (χ1v) is 8.19. The lowest BCUT2D eigenvalue weighted by Gasteiger charge is -2.20. The molecule has 0 radical (unpaired) electrons. The molecule has 0 aliphatic rings. The summed E-state index contributed by atoms with van der Waals surface area (Å²) in [5.41, 5.74) is 0.830. The number of rotatable bonds is 6. The van der Waals surface area contributed by atoms with Gasteiger partial charge in [-0.1, -0.05) is 32.5 Å². The molecule has 1 rings (SSSR count). The topological polar surface area (TPSA) is 64.1 Å². The number of hydrogen-bond donors (Lipinski definition) is 1. The fourth-order valence-electron chi connectivity index (χ4n) is 1.64. The zero-order chi connectivity index (χ0) is 16.0. The Morgan fingerprint density at radius 2 is 1.95 bits per heavy atom. The van der Waals surface area contributed by atoms with E-state index in [0.29, 0.717) is 6.61 Å². The van der Waals surface area contributed by atoms with Crippen LogP contribution in [0.3, 0.4) is 0 Å². The van der Waals surface area contributed by atoms with Crippen LogP contribution in [0.4, 0.5) is 5.82 Å². The number of carbonyl (C=O) groups excluding carboxylic acids is 1. The van der Waals surface area contributed by atoms with Crippen LogP contribution in [0.2, 0.25) is 0 Å². The van der Waals surface area contributed by atoms with E-state index < -0.39 is 0 Å². The van der Waals surface area contributed by atoms with E-state index in [2.05, 4.69) is 36.1 Å². The first-order chi connectivity index (χ1) is 9.79. The molecule has 0 saturated heterocycles. The Balaban J connectivity index is 3.05. The van der Waals surface area contributed by atoms with Crippen LogP contribution in [0.25, 0.3) is 0 Å². The maximum absolute atomic E-state index is 11.5. The largest absolute Gasteiger partial charge is 0.465 e. The van der Waals surface area contributed by atoms with Crippen LogP contribution in [0, 0.1) is 6.92 Å². The minimum absolute atomic E-state index is 0.142. The number of hydrogen-bond acceptors (Lipinski definition) is 6. The zero-order valence-corrected chi connectivity index (χ0v) is 14.6. The van der Waals surface area contributed by atoms with Crippen molar-refractivity contribution in [3.63, 3.8) is 0 Å². The van der Waals surface area contributed by atoms with Crippen molar-refractivity contribution in [2.24, 2.45) is 0 Å². The van der Waals surface area contributed by atoms with Gasteiger partial charge in [-0.15, -0.1) is 0 Å². The second kappa shape index (κ2) is 7.64. The lowest BCUT2D eigenvalue weighted by Crippen LogP contribution is -2.19. The summed E-state index contributed by atoms with van der Waals surface area (Å²) in [5.74, 6) is 1.66. The van der Waals surface area contributed by atoms with E-state index in [-0.39, 0.29) is 17.1 Å². The minimum Gasteiger partial charge on any atom is -0.465 e. The Morgan fingerprint density at radius 1 is 1.29 bits per heavy atom. The number of anilines is 1. The Kier molecular flexibility index (Phi) is 6.45. The highest BCUT2D eigenvalue weighted by molar-refractivity contribution is 7.99. The average Bonchev–Trinajstić information content (AvgIpc) is 2.39. The molecule has 5 nitrogen and oxygen atoms in total. The Morgan fingerprint density at radius 3 is 2.48 bits per heavy atom. The van der Waals surface area contributed by atoms with Crippen molar-refractivity contribution in [1.29, 1.82) is 0 Å². The van der Waals surface area contributed by atoms with Crippen LogP contribution in [0.1, 0.15) is 46.0 Å². The molecule has 0 aromatic carbocycles. The van der Waals surface area contributed by atoms with Crippen LogP contribution in [-0.4, -0.2) is 34.8 Å². The lowest BCUT2D eigenvalue weighted by atomic mass is 9.95. The summed E-state index contributed by atoms with van der Waals surface area (Å²) in [7, 11) is 0. The summed E-state index contributed by atoms with van der Waals surface area (Å²) < 4.78 is 4.96. The second-order valence-corrected chi connectivity index (χ2v) is 6.66. The number of esters is 1. The van der Waals surface area contributed by atoms with Gasteiger partial charge >= 0.3 is 5.97 Å². The summed E-state index contributed by atoms with van der Waals surface area (Å²) in [6.07, 6.45) is 0. The fourth-order valence-corrected chi connectivity index (χ4v) is 2.44. The Hall–Kier alpha value is -1.30. The molecule has 0 fully saturated rings. The molecule has 1 heterocycles. The van der Waals surface area contributed by atoms with Gasteiger partial charge in [0.2, 0.25) is 0 Å². The minimum atomic E-state index is -0.220. The molecule has 0 atom stereocenters. The van der Waals surface area contributed by atoms with Crippen molar-refractivity contribution < 1.29 is 9.53 Å². The smallest absolute Gasteiger partial charge is 0.316 e. The molecular weight excluding hydrogens is 286 g/mol. The van der Waals surface area contributed by atoms with Crippen LogP contribution in [-0.2, 0) is 14.9 Å². The molecule has 0 bridgehead atoms. The molecule has 0 spiro atoms. The van der Waals surface area contributed by atoms with E-state index in [9.17, 15) is 4.79 Å². The highest BCUT2D eigenvalue weighted by atomic mass is 32.2. The SMILES string of the molecule is CCNc1nc(C(C)(C)C)nc(SCC(=O)OCC)c1C. The second-order valence-electron chi connectivity index (χ2n) is 5.70. The molecule has 6 heteroatoms. The van der Waals surface area contributed by atoms with E-state index in [1.54, 1.807) is 6.92 Å². The number of aromatic nitrogens is 2. The normalized spacial score (nSPS) is 11.3. The predicted molar refractivity (Wildman–Crippen MR) is 87.0 cm³/mol. The van der Waals surface area contributed by atoms with Gasteiger partial charge in [0.25, 0.3) is 0 Å². The zero-order valence-electron chi connectivity index (χ0n) is 13.7. The molecule has 0 aliphatic carbocycles. The van der Waals surface area contributed by atoms with Gasteiger partial charge in [-0.25, -0.2) is 9.97 Å². The molecule has 0 amide bonds. The number of thioether (sulfide) groups is 1. The van der Waals surface area contributed by atoms with Crippen molar-refractivity contribution >= 4 is 23.5 Å². The maximum atomic E-state index is 11.5. The quantitative estimate of drug-likeness (QED) is 0.494. The number of ether oxygens (including phenoxy) is 1. The van der Waals surface area contributed by atoms with E-state index in [1.165, 1.54) is 11.8 Å². The van der Waals surface area contributed by atoms with Crippen LogP contribution >= 0.6 is 11.8 Å². The molecule has 0 saturated carbocycles. The number of nitrogens with zero attached hydrogens (tertiary/aromatic N) is 2. The van der Waals surface area contributed by atoms with Gasteiger partial charge in [0.1, 0.15) is 16.7 Å². The summed E-state index contributed by atoms with van der Waals surface area (Å²) in [6.45, 7) is 13.2. The van der Waals surface area contributed by atoms with E-state index in [0.717, 1.165) is 28.8 Å². The summed E-state index contributed by atoms with van der Waals surface area (Å²) in [6, 6.07) is 0. The highest BCUT2D eigenvalue weighted by Gasteiger charge is 2.21. The van der Waals surface area contributed by atoms with Crippen molar-refractivity contribution in [2.75, 3.05) is 24.2 Å². The van der Waals surface area contributed by atoms with Crippen molar-refractivity contribution in [1.82, 2.24) is 9.97 Å². The van der Waals surface area contributed by atoms with Gasteiger partial charge in [0, 0.05) is 17.5 Å². The van der Waals surface area contributed by atoms with Crippen LogP contribution < -0.4 is 5.32 Å². The summed E-state index contributed by atoms with van der Waals surface area (Å²) >= 11 is 1.40. The van der Waals surface area contributed by atoms with Crippen LogP contribution in [0.5, 0.6) is 0 Å². The van der Waals surface area contributed by atoms with E-state index in [1.807, 2.05) is 13.8 Å². The van der Waals surface area contributed by atoms with Crippen molar-refractivity contribution in [2.45, 2.75) is 52.0 Å². The number of nitrogens with one attached hydrogen (secondary N) is 1. The highest BCUT2D eigenvalue weighted by Crippen LogP contribution is 2.29. The summed E-state index contributed by atoms with van der Waals surface area (Å²) in [4.78, 5) is 20.7. The van der Waals surface area contributed by atoms with Gasteiger partial charge in [0.05, 0.1) is 12.4 Å². The first kappa shape index (κ1) is 17.8. The Bertz CT molecular complexity index is 498. The third-order valence-corrected chi connectivity index (χ3v) is 3.80. The molecular formula is C15H25N3O2S. The lowest BCUT2D eigenvalue weighted by molar-refractivity contribution is -0.139. The van der Waals surface area contributed by atoms with E-state index in [4.69, 9.17) is 4.74 Å². The van der Waals surface area contributed by atoms with Crippen molar-refractivity contribution in [3.8, 4) is 0 Å². The third kappa shape index (κ3) is 5.19. The fraction of sp³-hybridized carbons (Fsp3) is 0.667. The summed E-state index contributed by atoms with van der Waals surface area (Å²) in [5, 5.41) is 4.09. The third-order valence-electron chi connectivity index (χ3n) is 2.75. The molecule has 118 valence electrons. The first-order valence-electron chi connectivity index (χ1n) is 7.21. The van der Waals surface area contributed by atoms with Crippen molar-refractivity contribution in [3.05, 3.63) is 11.4 Å². The van der Waals surface area contributed by atoms with Gasteiger partial charge in [-0.05, 0) is 20.8 Å². The van der Waals surface area contributed by atoms with Gasteiger partial charge < -0.3 is 10.1 Å². The van der Waals surface area contributed by atoms with Gasteiger partial charge in [-0.3, -0.25) is 4.79 Å². The average molecular weight is 311 g/mol. The van der Waals surface area contributed by atoms with Gasteiger partial charge in [-0.2, -0.15) is 0 Å². The monoisotopic (exact) mass is 311 g/mol. The molecule has 1 aromatic heterocycles. The predicted octanol–water partition coefficient (Wildman–Crippen LogP) is 3.17. The standard InChI is InChI=1S/C15H25N3O2S/c1-7-16-12-10(3)13(21-9-11(19)20-8-2)18-14(17-12)15(4,5)6/h7-9H2,1-6H3,(H,16,17,18). The molecule has 1 aromatic rings. The molecule has 0 aliphatic heterocycles. The number of carbonyl (C=O) groups is 1. The maximum Gasteiger partial charge on any atom is 0.316 e. The van der Waals surface area contributed by atoms with E-state index >= 15 is 0 Å². The molecule has 21 heavy (non-hydrogen) atoms. The Labute approximate surface area is 131 Å². The van der Waals surface area contributed by atoms with Gasteiger partial charge in [0.15, 0.2) is 0 Å². The molecule has 0 unspecified atom stereocenters. The molecule has 1 N–H and O–H groups in total. The van der Waals surface area contributed by atoms with Crippen LogP contribution in [0.15, 0.2) is 5.03 Å².